The molecule has 0 aliphatic carbocycles. The first-order valence-corrected chi connectivity index (χ1v) is 11.1. The molecule has 1 unspecified atom stereocenters. The molecular formula is C24H25O5P. The summed E-state index contributed by atoms with van der Waals surface area (Å²) in [6, 6.07) is 17.0. The van der Waals surface area contributed by atoms with Gasteiger partial charge in [-0.25, -0.2) is 0 Å². The average molecular weight is 424 g/mol. The Hall–Kier alpha value is -3.04. The first kappa shape index (κ1) is 21.7. The van der Waals surface area contributed by atoms with Crippen molar-refractivity contribution >= 4 is 18.2 Å². The molecule has 5 nitrogen and oxygen atoms in total. The first-order chi connectivity index (χ1) is 14.3. The van der Waals surface area contributed by atoms with Crippen LogP contribution in [-0.2, 0) is 4.57 Å². The SMILES string of the molecule is COc1ccc(OP(=O)(C(=O)c2c(C)cc(C)cc2C)c2ccc(OC)cc2)cc1. The fourth-order valence-corrected chi connectivity index (χ4v) is 5.47. The Balaban J connectivity index is 2.13. The van der Waals surface area contributed by atoms with E-state index in [4.69, 9.17) is 14.0 Å². The highest BCUT2D eigenvalue weighted by Gasteiger charge is 2.39. The van der Waals surface area contributed by atoms with E-state index in [2.05, 4.69) is 0 Å². The van der Waals surface area contributed by atoms with Gasteiger partial charge in [0, 0.05) is 5.56 Å². The van der Waals surface area contributed by atoms with Crippen LogP contribution < -0.4 is 19.3 Å². The van der Waals surface area contributed by atoms with Crippen LogP contribution >= 0.6 is 7.37 Å². The third kappa shape index (κ3) is 4.27. The number of rotatable bonds is 7. The van der Waals surface area contributed by atoms with Crippen LogP contribution in [0.15, 0.2) is 60.7 Å². The minimum absolute atomic E-state index is 0.309. The van der Waals surface area contributed by atoms with Crippen LogP contribution in [0.5, 0.6) is 17.2 Å². The Morgan fingerprint density at radius 1 is 0.733 bits per heavy atom. The predicted octanol–water partition coefficient (Wildman–Crippen LogP) is 5.45. The number of hydrogen-bond acceptors (Lipinski definition) is 5. The number of ether oxygens (including phenoxy) is 2. The van der Waals surface area contributed by atoms with Crippen molar-refractivity contribution < 1.29 is 23.4 Å². The minimum atomic E-state index is -3.96. The summed E-state index contributed by atoms with van der Waals surface area (Å²) < 4.78 is 30.5. The van der Waals surface area contributed by atoms with Crippen molar-refractivity contribution in [3.05, 3.63) is 82.9 Å². The van der Waals surface area contributed by atoms with Crippen molar-refractivity contribution in [2.45, 2.75) is 20.8 Å². The average Bonchev–Trinajstić information content (AvgIpc) is 2.73. The highest BCUT2D eigenvalue weighted by atomic mass is 31.2. The molecule has 30 heavy (non-hydrogen) atoms. The largest absolute Gasteiger partial charge is 0.497 e. The lowest BCUT2D eigenvalue weighted by atomic mass is 10.0. The lowest BCUT2D eigenvalue weighted by Gasteiger charge is -2.21. The number of hydrogen-bond donors (Lipinski definition) is 0. The van der Waals surface area contributed by atoms with Gasteiger partial charge >= 0.3 is 7.37 Å². The predicted molar refractivity (Wildman–Crippen MR) is 119 cm³/mol. The molecule has 6 heteroatoms. The Morgan fingerprint density at radius 3 is 1.63 bits per heavy atom. The standard InChI is InChI=1S/C24H25O5P/c1-16-14-17(2)23(18(3)15-16)24(25)30(26,22-12-10-20(28-5)11-13-22)29-21-8-6-19(27-4)7-9-21/h6-15H,1-5H3. The zero-order chi connectivity index (χ0) is 21.9. The maximum Gasteiger partial charge on any atom is 0.346 e. The van der Waals surface area contributed by atoms with Crippen LogP contribution in [0.25, 0.3) is 0 Å². The molecule has 0 saturated carbocycles. The maximum absolute atomic E-state index is 14.2. The third-order valence-corrected chi connectivity index (χ3v) is 7.07. The lowest BCUT2D eigenvalue weighted by molar-refractivity contribution is 0.106. The van der Waals surface area contributed by atoms with Gasteiger partial charge in [0.1, 0.15) is 17.2 Å². The molecule has 0 saturated heterocycles. The summed E-state index contributed by atoms with van der Waals surface area (Å²) >= 11 is 0. The monoisotopic (exact) mass is 424 g/mol. The van der Waals surface area contributed by atoms with E-state index in [9.17, 15) is 9.36 Å². The second-order valence-electron chi connectivity index (χ2n) is 7.10. The molecule has 0 aromatic heterocycles. The van der Waals surface area contributed by atoms with E-state index in [1.54, 1.807) is 62.8 Å². The van der Waals surface area contributed by atoms with Gasteiger partial charge in [-0.05, 0) is 80.4 Å². The summed E-state index contributed by atoms with van der Waals surface area (Å²) in [5, 5.41) is 0.309. The lowest BCUT2D eigenvalue weighted by Crippen LogP contribution is -2.19. The van der Waals surface area contributed by atoms with Gasteiger partial charge in [-0.1, -0.05) is 17.7 Å². The van der Waals surface area contributed by atoms with E-state index in [0.29, 0.717) is 28.1 Å². The summed E-state index contributed by atoms with van der Waals surface area (Å²) in [5.41, 5.74) is 2.47. The highest BCUT2D eigenvalue weighted by Crippen LogP contribution is 2.50. The Labute approximate surface area is 177 Å². The molecule has 156 valence electrons. The zero-order valence-corrected chi connectivity index (χ0v) is 18.7. The first-order valence-electron chi connectivity index (χ1n) is 9.49. The fourth-order valence-electron chi connectivity index (χ4n) is 3.44. The fraction of sp³-hybridized carbons (Fsp3) is 0.208. The Kier molecular flexibility index (Phi) is 6.33. The smallest absolute Gasteiger partial charge is 0.346 e. The molecule has 3 aromatic rings. The van der Waals surface area contributed by atoms with Crippen molar-refractivity contribution in [1.82, 2.24) is 0 Å². The summed E-state index contributed by atoms with van der Waals surface area (Å²) in [4.78, 5) is 13.7. The topological polar surface area (TPSA) is 61.8 Å². The van der Waals surface area contributed by atoms with Crippen molar-refractivity contribution in [1.29, 1.82) is 0 Å². The number of methoxy groups -OCH3 is 2. The summed E-state index contributed by atoms with van der Waals surface area (Å²) in [6.07, 6.45) is 0. The number of carbonyl (C=O) groups excluding carboxylic acids is 1. The van der Waals surface area contributed by atoms with Gasteiger partial charge in [0.15, 0.2) is 0 Å². The van der Waals surface area contributed by atoms with Crippen molar-refractivity contribution in [3.63, 3.8) is 0 Å². The molecule has 0 amide bonds. The van der Waals surface area contributed by atoms with Gasteiger partial charge in [-0.3, -0.25) is 9.36 Å². The molecule has 0 spiro atoms. The molecule has 3 rings (SSSR count). The quantitative estimate of drug-likeness (QED) is 0.472. The van der Waals surface area contributed by atoms with Crippen molar-refractivity contribution in [2.24, 2.45) is 0 Å². The van der Waals surface area contributed by atoms with E-state index in [-0.39, 0.29) is 0 Å². The van der Waals surface area contributed by atoms with Gasteiger partial charge in [-0.15, -0.1) is 0 Å². The Bertz CT molecular complexity index is 1080. The normalized spacial score (nSPS) is 12.7. The molecule has 0 aliphatic heterocycles. The summed E-state index contributed by atoms with van der Waals surface area (Å²) in [5.74, 6) is 1.56. The zero-order valence-electron chi connectivity index (χ0n) is 17.8. The van der Waals surface area contributed by atoms with Gasteiger partial charge in [0.2, 0.25) is 0 Å². The van der Waals surface area contributed by atoms with Crippen molar-refractivity contribution in [2.75, 3.05) is 14.2 Å². The number of aryl methyl sites for hydroxylation is 3. The van der Waals surface area contributed by atoms with E-state index in [0.717, 1.165) is 16.7 Å². The molecule has 0 N–H and O–H groups in total. The molecule has 0 aliphatic rings. The van der Waals surface area contributed by atoms with Gasteiger partial charge in [0.25, 0.3) is 5.52 Å². The van der Waals surface area contributed by atoms with E-state index < -0.39 is 12.9 Å². The molecule has 0 fully saturated rings. The number of benzene rings is 3. The van der Waals surface area contributed by atoms with E-state index in [1.165, 1.54) is 0 Å². The van der Waals surface area contributed by atoms with Crippen LogP contribution in [0.4, 0.5) is 0 Å². The van der Waals surface area contributed by atoms with Crippen LogP contribution in [0, 0.1) is 20.8 Å². The van der Waals surface area contributed by atoms with Crippen LogP contribution in [0.1, 0.15) is 27.0 Å². The van der Waals surface area contributed by atoms with Gasteiger partial charge in [0.05, 0.1) is 19.5 Å². The Morgan fingerprint density at radius 2 is 1.17 bits per heavy atom. The van der Waals surface area contributed by atoms with Crippen LogP contribution in [0.3, 0.4) is 0 Å². The highest BCUT2D eigenvalue weighted by molar-refractivity contribution is 7.83. The molecule has 0 heterocycles. The van der Waals surface area contributed by atoms with E-state index in [1.807, 2.05) is 32.9 Å². The third-order valence-electron chi connectivity index (χ3n) is 4.86. The maximum atomic E-state index is 14.2. The molecular weight excluding hydrogens is 399 g/mol. The molecule has 0 bridgehead atoms. The second-order valence-corrected chi connectivity index (χ2v) is 9.30. The minimum Gasteiger partial charge on any atom is -0.497 e. The summed E-state index contributed by atoms with van der Waals surface area (Å²) in [6.45, 7) is 5.66. The van der Waals surface area contributed by atoms with E-state index >= 15 is 0 Å². The van der Waals surface area contributed by atoms with Crippen LogP contribution in [-0.4, -0.2) is 19.7 Å². The second kappa shape index (κ2) is 8.76. The molecule has 0 radical (unpaired) electrons. The summed E-state index contributed by atoms with van der Waals surface area (Å²) in [7, 11) is -0.856. The van der Waals surface area contributed by atoms with Crippen molar-refractivity contribution in [3.8, 4) is 17.2 Å². The van der Waals surface area contributed by atoms with Gasteiger partial charge < -0.3 is 14.0 Å². The number of carbonyl (C=O) groups is 1. The molecule has 3 aromatic carbocycles. The molecule has 1 atom stereocenters. The van der Waals surface area contributed by atoms with Gasteiger partial charge in [-0.2, -0.15) is 0 Å². The van der Waals surface area contributed by atoms with Crippen LogP contribution in [0.2, 0.25) is 0 Å².